The van der Waals surface area contributed by atoms with E-state index in [2.05, 4.69) is 11.4 Å². The van der Waals surface area contributed by atoms with Gasteiger partial charge in [-0.3, -0.25) is 4.79 Å². The van der Waals surface area contributed by atoms with Crippen LogP contribution in [0.3, 0.4) is 0 Å². The van der Waals surface area contributed by atoms with Gasteiger partial charge in [0.05, 0.1) is 7.11 Å². The van der Waals surface area contributed by atoms with Crippen molar-refractivity contribution in [3.8, 4) is 5.75 Å². The quantitative estimate of drug-likeness (QED) is 0.892. The topological polar surface area (TPSA) is 41.6 Å². The molecule has 2 rings (SSSR count). The number of aryl methyl sites for hydroxylation is 1. The van der Waals surface area contributed by atoms with E-state index in [0.717, 1.165) is 30.0 Å². The summed E-state index contributed by atoms with van der Waals surface area (Å²) in [4.78, 5) is 14.2. The Morgan fingerprint density at radius 2 is 2.20 bits per heavy atom. The van der Waals surface area contributed by atoms with Gasteiger partial charge in [0.2, 0.25) is 5.91 Å². The van der Waals surface area contributed by atoms with Gasteiger partial charge in [-0.2, -0.15) is 0 Å². The Morgan fingerprint density at radius 3 is 2.70 bits per heavy atom. The normalized spacial score (nSPS) is 16.4. The molecular formula is C16H24N2O2. The zero-order valence-corrected chi connectivity index (χ0v) is 12.8. The average Bonchev–Trinajstić information content (AvgIpc) is 2.35. The Morgan fingerprint density at radius 1 is 1.50 bits per heavy atom. The lowest BCUT2D eigenvalue weighted by Gasteiger charge is -2.34. The van der Waals surface area contributed by atoms with E-state index >= 15 is 0 Å². The molecule has 1 aromatic rings. The van der Waals surface area contributed by atoms with Crippen LogP contribution < -0.4 is 10.1 Å². The van der Waals surface area contributed by atoms with Crippen LogP contribution in [0.15, 0.2) is 18.2 Å². The first kappa shape index (κ1) is 14.9. The van der Waals surface area contributed by atoms with Crippen LogP contribution in [-0.2, 0) is 11.3 Å². The Hall–Kier alpha value is -1.55. The standard InChI is InChI=1S/C16H24N2O2/c1-11-7-13(5-6-15(11)20-4)10-18(3)16(19)12(2)14-8-17-9-14/h5-7,12,14,17H,8-10H2,1-4H3. The largest absolute Gasteiger partial charge is 0.496 e. The molecule has 1 unspecified atom stereocenters. The van der Waals surface area contributed by atoms with Gasteiger partial charge in [-0.25, -0.2) is 0 Å². The number of amides is 1. The lowest BCUT2D eigenvalue weighted by atomic mass is 9.88. The van der Waals surface area contributed by atoms with Gasteiger partial charge in [0.1, 0.15) is 5.75 Å². The molecule has 110 valence electrons. The SMILES string of the molecule is COc1ccc(CN(C)C(=O)C(C)C2CNC2)cc1C. The molecule has 1 heterocycles. The Labute approximate surface area is 121 Å². The van der Waals surface area contributed by atoms with Crippen LogP contribution in [0.4, 0.5) is 0 Å². The first-order chi connectivity index (χ1) is 9.52. The van der Waals surface area contributed by atoms with Crippen LogP contribution in [0.2, 0.25) is 0 Å². The average molecular weight is 276 g/mol. The molecular weight excluding hydrogens is 252 g/mol. The summed E-state index contributed by atoms with van der Waals surface area (Å²) in [6, 6.07) is 6.06. The third kappa shape index (κ3) is 3.12. The fraction of sp³-hybridized carbons (Fsp3) is 0.562. The molecule has 0 radical (unpaired) electrons. The predicted octanol–water partition coefficient (Wildman–Crippen LogP) is 1.82. The summed E-state index contributed by atoms with van der Waals surface area (Å²) < 4.78 is 5.26. The Bertz CT molecular complexity index is 483. The van der Waals surface area contributed by atoms with Gasteiger partial charge in [0, 0.05) is 19.5 Å². The summed E-state index contributed by atoms with van der Waals surface area (Å²) >= 11 is 0. The Balaban J connectivity index is 1.97. The number of methoxy groups -OCH3 is 1. The van der Waals surface area contributed by atoms with Crippen molar-refractivity contribution in [3.05, 3.63) is 29.3 Å². The highest BCUT2D eigenvalue weighted by atomic mass is 16.5. The molecule has 4 nitrogen and oxygen atoms in total. The third-order valence-electron chi connectivity index (χ3n) is 4.16. The van der Waals surface area contributed by atoms with Crippen LogP contribution >= 0.6 is 0 Å². The van der Waals surface area contributed by atoms with Gasteiger partial charge in [-0.15, -0.1) is 0 Å². The molecule has 1 N–H and O–H groups in total. The van der Waals surface area contributed by atoms with Gasteiger partial charge >= 0.3 is 0 Å². The van der Waals surface area contributed by atoms with Gasteiger partial charge in [0.25, 0.3) is 0 Å². The summed E-state index contributed by atoms with van der Waals surface area (Å²) in [5, 5.41) is 3.22. The number of nitrogens with one attached hydrogen (secondary N) is 1. The van der Waals surface area contributed by atoms with Crippen LogP contribution in [-0.4, -0.2) is 38.1 Å². The summed E-state index contributed by atoms with van der Waals surface area (Å²) in [7, 11) is 3.55. The number of carbonyl (C=O) groups is 1. The monoisotopic (exact) mass is 276 g/mol. The van der Waals surface area contributed by atoms with Crippen molar-refractivity contribution in [2.75, 3.05) is 27.2 Å². The van der Waals surface area contributed by atoms with Crippen molar-refractivity contribution in [3.63, 3.8) is 0 Å². The van der Waals surface area contributed by atoms with E-state index < -0.39 is 0 Å². The highest BCUT2D eigenvalue weighted by molar-refractivity contribution is 5.78. The number of hydrogen-bond acceptors (Lipinski definition) is 3. The molecule has 0 bridgehead atoms. The highest BCUT2D eigenvalue weighted by Crippen LogP contribution is 2.21. The molecule has 0 saturated carbocycles. The van der Waals surface area contributed by atoms with Gasteiger partial charge in [-0.1, -0.05) is 19.1 Å². The molecule has 1 aromatic carbocycles. The number of benzene rings is 1. The maximum atomic E-state index is 12.4. The third-order valence-corrected chi connectivity index (χ3v) is 4.16. The summed E-state index contributed by atoms with van der Waals surface area (Å²) in [5.41, 5.74) is 2.24. The zero-order valence-electron chi connectivity index (χ0n) is 12.8. The molecule has 1 atom stereocenters. The number of carbonyl (C=O) groups excluding carboxylic acids is 1. The fourth-order valence-corrected chi connectivity index (χ4v) is 2.60. The molecule has 1 amide bonds. The second-order valence-electron chi connectivity index (χ2n) is 5.71. The smallest absolute Gasteiger partial charge is 0.225 e. The first-order valence-electron chi connectivity index (χ1n) is 7.12. The second-order valence-corrected chi connectivity index (χ2v) is 5.71. The van der Waals surface area contributed by atoms with Crippen molar-refractivity contribution in [2.24, 2.45) is 11.8 Å². The minimum atomic E-state index is 0.0978. The van der Waals surface area contributed by atoms with Crippen LogP contribution in [0, 0.1) is 18.8 Å². The highest BCUT2D eigenvalue weighted by Gasteiger charge is 2.30. The molecule has 1 saturated heterocycles. The van der Waals surface area contributed by atoms with Crippen molar-refractivity contribution < 1.29 is 9.53 Å². The van der Waals surface area contributed by atoms with E-state index in [1.54, 1.807) is 7.11 Å². The van der Waals surface area contributed by atoms with Crippen molar-refractivity contribution >= 4 is 5.91 Å². The van der Waals surface area contributed by atoms with E-state index in [0.29, 0.717) is 12.5 Å². The van der Waals surface area contributed by atoms with E-state index in [9.17, 15) is 4.79 Å². The first-order valence-corrected chi connectivity index (χ1v) is 7.12. The summed E-state index contributed by atoms with van der Waals surface area (Å²) in [6.07, 6.45) is 0. The minimum absolute atomic E-state index is 0.0978. The van der Waals surface area contributed by atoms with Gasteiger partial charge < -0.3 is 15.0 Å². The predicted molar refractivity (Wildman–Crippen MR) is 79.7 cm³/mol. The summed E-state index contributed by atoms with van der Waals surface area (Å²) in [6.45, 7) is 6.62. The molecule has 1 aliphatic rings. The van der Waals surface area contributed by atoms with E-state index in [4.69, 9.17) is 4.74 Å². The number of hydrogen-bond donors (Lipinski definition) is 1. The van der Waals surface area contributed by atoms with Crippen molar-refractivity contribution in [1.82, 2.24) is 10.2 Å². The van der Waals surface area contributed by atoms with Gasteiger partial charge in [0.15, 0.2) is 0 Å². The summed E-state index contributed by atoms with van der Waals surface area (Å²) in [5.74, 6) is 1.70. The van der Waals surface area contributed by atoms with Crippen molar-refractivity contribution in [1.29, 1.82) is 0 Å². The second kappa shape index (κ2) is 6.27. The molecule has 1 aliphatic heterocycles. The van der Waals surface area contributed by atoms with Crippen LogP contribution in [0.5, 0.6) is 5.75 Å². The number of ether oxygens (including phenoxy) is 1. The number of rotatable bonds is 5. The molecule has 0 aliphatic carbocycles. The van der Waals surface area contributed by atoms with Gasteiger partial charge in [-0.05, 0) is 43.1 Å². The van der Waals surface area contributed by atoms with E-state index in [-0.39, 0.29) is 11.8 Å². The Kier molecular flexibility index (Phi) is 4.65. The maximum absolute atomic E-state index is 12.4. The lowest BCUT2D eigenvalue weighted by molar-refractivity contribution is -0.136. The maximum Gasteiger partial charge on any atom is 0.225 e. The van der Waals surface area contributed by atoms with E-state index in [1.165, 1.54) is 0 Å². The minimum Gasteiger partial charge on any atom is -0.496 e. The van der Waals surface area contributed by atoms with Crippen LogP contribution in [0.1, 0.15) is 18.1 Å². The fourth-order valence-electron chi connectivity index (χ4n) is 2.60. The van der Waals surface area contributed by atoms with Crippen LogP contribution in [0.25, 0.3) is 0 Å². The lowest BCUT2D eigenvalue weighted by Crippen LogP contribution is -2.49. The number of nitrogens with zero attached hydrogens (tertiary/aromatic N) is 1. The van der Waals surface area contributed by atoms with E-state index in [1.807, 2.05) is 37.9 Å². The molecule has 0 spiro atoms. The molecule has 4 heteroatoms. The molecule has 20 heavy (non-hydrogen) atoms. The molecule has 1 fully saturated rings. The molecule has 0 aromatic heterocycles. The zero-order chi connectivity index (χ0) is 14.7. The van der Waals surface area contributed by atoms with Crippen molar-refractivity contribution in [2.45, 2.75) is 20.4 Å².